The van der Waals surface area contributed by atoms with Crippen LogP contribution in [0.5, 0.6) is 5.88 Å². The number of hydrogen-bond donors (Lipinski definition) is 1. The number of hydrogen-bond acceptors (Lipinski definition) is 4. The van der Waals surface area contributed by atoms with Gasteiger partial charge in [0.2, 0.25) is 5.88 Å². The van der Waals surface area contributed by atoms with Crippen LogP contribution in [0.25, 0.3) is 0 Å². The van der Waals surface area contributed by atoms with E-state index in [4.69, 9.17) is 12.2 Å². The first-order chi connectivity index (χ1) is 8.41. The SMILES string of the molecule is O=C(c1cc(F)c(F)cc1F)n1c(O)csc1=S. The van der Waals surface area contributed by atoms with Crippen LogP contribution in [-0.4, -0.2) is 15.6 Å². The Kier molecular flexibility index (Phi) is 3.22. The molecule has 0 amide bonds. The van der Waals surface area contributed by atoms with Crippen LogP contribution in [0, 0.1) is 21.4 Å². The van der Waals surface area contributed by atoms with Gasteiger partial charge in [-0.1, -0.05) is 0 Å². The first-order valence-electron chi connectivity index (χ1n) is 4.50. The summed E-state index contributed by atoms with van der Waals surface area (Å²) in [4.78, 5) is 11.8. The van der Waals surface area contributed by atoms with Gasteiger partial charge in [0.25, 0.3) is 5.91 Å². The Hall–Kier alpha value is -1.67. The quantitative estimate of drug-likeness (QED) is 0.648. The van der Waals surface area contributed by atoms with E-state index in [1.807, 2.05) is 0 Å². The number of carbonyl (C=O) groups is 1. The van der Waals surface area contributed by atoms with E-state index in [9.17, 15) is 23.1 Å². The number of halogens is 3. The second-order valence-electron chi connectivity index (χ2n) is 3.25. The summed E-state index contributed by atoms with van der Waals surface area (Å²) in [5, 5.41) is 10.6. The normalized spacial score (nSPS) is 10.6. The van der Waals surface area contributed by atoms with Crippen LogP contribution in [0.2, 0.25) is 0 Å². The van der Waals surface area contributed by atoms with Gasteiger partial charge in [-0.3, -0.25) is 4.79 Å². The van der Waals surface area contributed by atoms with E-state index in [0.29, 0.717) is 10.6 Å². The second-order valence-corrected chi connectivity index (χ2v) is 4.75. The maximum Gasteiger partial charge on any atom is 0.269 e. The molecule has 0 aliphatic heterocycles. The highest BCUT2D eigenvalue weighted by atomic mass is 32.1. The highest BCUT2D eigenvalue weighted by Gasteiger charge is 2.20. The summed E-state index contributed by atoms with van der Waals surface area (Å²) in [7, 11) is 0. The third-order valence-corrected chi connectivity index (χ3v) is 3.30. The zero-order valence-electron chi connectivity index (χ0n) is 8.49. The molecule has 2 rings (SSSR count). The molecule has 1 N–H and O–H groups in total. The fraction of sp³-hybridized carbons (Fsp3) is 0. The predicted molar refractivity (Wildman–Crippen MR) is 60.9 cm³/mol. The third kappa shape index (κ3) is 2.04. The lowest BCUT2D eigenvalue weighted by atomic mass is 10.2. The van der Waals surface area contributed by atoms with Crippen LogP contribution in [0.3, 0.4) is 0 Å². The predicted octanol–water partition coefficient (Wildman–Crippen LogP) is 3.09. The maximum atomic E-state index is 13.4. The smallest absolute Gasteiger partial charge is 0.269 e. The lowest BCUT2D eigenvalue weighted by Gasteiger charge is -2.05. The number of aromatic hydroxyl groups is 1. The van der Waals surface area contributed by atoms with Crippen LogP contribution in [0.4, 0.5) is 13.2 Å². The minimum atomic E-state index is -1.40. The van der Waals surface area contributed by atoms with Gasteiger partial charge in [0.1, 0.15) is 5.82 Å². The van der Waals surface area contributed by atoms with E-state index < -0.39 is 34.8 Å². The Morgan fingerprint density at radius 3 is 2.39 bits per heavy atom. The summed E-state index contributed by atoms with van der Waals surface area (Å²) >= 11 is 5.65. The molecule has 0 unspecified atom stereocenters. The van der Waals surface area contributed by atoms with Crippen molar-refractivity contribution < 1.29 is 23.1 Å². The Labute approximate surface area is 108 Å². The Bertz CT molecular complexity index is 693. The molecule has 3 nitrogen and oxygen atoms in total. The summed E-state index contributed by atoms with van der Waals surface area (Å²) in [5.41, 5.74) is -0.710. The average Bonchev–Trinajstić information content (AvgIpc) is 2.63. The number of thiazole rings is 1. The van der Waals surface area contributed by atoms with Crippen molar-refractivity contribution in [1.82, 2.24) is 4.57 Å². The molecule has 0 fully saturated rings. The molecular formula is C10H4F3NO2S2. The van der Waals surface area contributed by atoms with Gasteiger partial charge in [0.05, 0.1) is 10.9 Å². The van der Waals surface area contributed by atoms with Crippen molar-refractivity contribution in [3.63, 3.8) is 0 Å². The Balaban J connectivity index is 2.60. The minimum absolute atomic E-state index is 0.0263. The van der Waals surface area contributed by atoms with Gasteiger partial charge in [-0.15, -0.1) is 11.3 Å². The first-order valence-corrected chi connectivity index (χ1v) is 5.79. The highest BCUT2D eigenvalue weighted by Crippen LogP contribution is 2.21. The molecule has 0 aliphatic carbocycles. The summed E-state index contributed by atoms with van der Waals surface area (Å²) in [6.45, 7) is 0. The first kappa shape index (κ1) is 12.8. The van der Waals surface area contributed by atoms with Crippen molar-refractivity contribution in [2.45, 2.75) is 0 Å². The number of nitrogens with zero attached hydrogens (tertiary/aromatic N) is 1. The molecular weight excluding hydrogens is 287 g/mol. The van der Waals surface area contributed by atoms with Gasteiger partial charge in [0, 0.05) is 6.07 Å². The number of rotatable bonds is 1. The number of aromatic nitrogens is 1. The number of carbonyl (C=O) groups excluding carboxylic acids is 1. The summed E-state index contributed by atoms with van der Waals surface area (Å²) in [6, 6.07) is 0.682. The van der Waals surface area contributed by atoms with E-state index in [-0.39, 0.29) is 10.0 Å². The fourth-order valence-electron chi connectivity index (χ4n) is 1.30. The van der Waals surface area contributed by atoms with Gasteiger partial charge in [0.15, 0.2) is 15.6 Å². The van der Waals surface area contributed by atoms with Crippen molar-refractivity contribution >= 4 is 29.5 Å². The largest absolute Gasteiger partial charge is 0.494 e. The molecule has 2 aromatic rings. The fourth-order valence-corrected chi connectivity index (χ4v) is 2.21. The molecule has 1 aromatic heterocycles. The molecule has 0 atom stereocenters. The van der Waals surface area contributed by atoms with Crippen LogP contribution in [0.1, 0.15) is 10.4 Å². The molecule has 94 valence electrons. The van der Waals surface area contributed by atoms with Crippen molar-refractivity contribution in [3.05, 3.63) is 44.5 Å². The molecule has 0 saturated heterocycles. The third-order valence-electron chi connectivity index (χ3n) is 2.12. The zero-order valence-corrected chi connectivity index (χ0v) is 10.1. The van der Waals surface area contributed by atoms with E-state index in [2.05, 4.69) is 0 Å². The molecule has 1 heterocycles. The number of benzene rings is 1. The van der Waals surface area contributed by atoms with E-state index >= 15 is 0 Å². The van der Waals surface area contributed by atoms with Crippen LogP contribution >= 0.6 is 23.6 Å². The lowest BCUT2D eigenvalue weighted by molar-refractivity contribution is 0.0946. The van der Waals surface area contributed by atoms with Crippen LogP contribution < -0.4 is 0 Å². The average molecular weight is 291 g/mol. The molecule has 0 bridgehead atoms. The van der Waals surface area contributed by atoms with Gasteiger partial charge < -0.3 is 5.11 Å². The Morgan fingerprint density at radius 2 is 1.83 bits per heavy atom. The summed E-state index contributed by atoms with van der Waals surface area (Å²) < 4.78 is 39.7. The zero-order chi connectivity index (χ0) is 13.4. The summed E-state index contributed by atoms with van der Waals surface area (Å²) in [5.74, 6) is -5.54. The Morgan fingerprint density at radius 1 is 1.22 bits per heavy atom. The monoisotopic (exact) mass is 291 g/mol. The minimum Gasteiger partial charge on any atom is -0.494 e. The van der Waals surface area contributed by atoms with Crippen molar-refractivity contribution in [1.29, 1.82) is 0 Å². The van der Waals surface area contributed by atoms with Gasteiger partial charge in [-0.05, 0) is 18.3 Å². The molecule has 18 heavy (non-hydrogen) atoms. The van der Waals surface area contributed by atoms with Crippen LogP contribution in [0.15, 0.2) is 17.5 Å². The molecule has 8 heteroatoms. The van der Waals surface area contributed by atoms with Crippen LogP contribution in [-0.2, 0) is 0 Å². The summed E-state index contributed by atoms with van der Waals surface area (Å²) in [6.07, 6.45) is 0. The van der Waals surface area contributed by atoms with Crippen molar-refractivity contribution in [2.75, 3.05) is 0 Å². The molecule has 1 aromatic carbocycles. The van der Waals surface area contributed by atoms with Gasteiger partial charge in [-0.2, -0.15) is 0 Å². The van der Waals surface area contributed by atoms with Crippen molar-refractivity contribution in [2.24, 2.45) is 0 Å². The van der Waals surface area contributed by atoms with E-state index in [1.165, 1.54) is 5.38 Å². The maximum absolute atomic E-state index is 13.4. The van der Waals surface area contributed by atoms with Gasteiger partial charge >= 0.3 is 0 Å². The second kappa shape index (κ2) is 4.54. The highest BCUT2D eigenvalue weighted by molar-refractivity contribution is 7.73. The van der Waals surface area contributed by atoms with Crippen molar-refractivity contribution in [3.8, 4) is 5.88 Å². The molecule has 0 saturated carbocycles. The standard InChI is InChI=1S/C10H4F3NO2S2/c11-5-2-7(13)6(12)1-4(5)9(16)14-8(15)3-18-10(14)17/h1-3,15H. The van der Waals surface area contributed by atoms with E-state index in [1.54, 1.807) is 0 Å². The molecule has 0 spiro atoms. The van der Waals surface area contributed by atoms with Gasteiger partial charge in [-0.25, -0.2) is 17.7 Å². The molecule has 0 radical (unpaired) electrons. The molecule has 0 aliphatic rings. The topological polar surface area (TPSA) is 42.2 Å². The van der Waals surface area contributed by atoms with E-state index in [0.717, 1.165) is 11.3 Å². The lowest BCUT2D eigenvalue weighted by Crippen LogP contribution is -2.14.